The second-order valence-electron chi connectivity index (χ2n) is 4.24. The lowest BCUT2D eigenvalue weighted by Gasteiger charge is -2.11. The lowest BCUT2D eigenvalue weighted by atomic mass is 10.1. The van der Waals surface area contributed by atoms with Gasteiger partial charge in [0.15, 0.2) is 0 Å². The Kier molecular flexibility index (Phi) is 3.85. The van der Waals surface area contributed by atoms with Gasteiger partial charge in [-0.25, -0.2) is 0 Å². The van der Waals surface area contributed by atoms with E-state index >= 15 is 0 Å². The largest absolute Gasteiger partial charge is 0.381 e. The van der Waals surface area contributed by atoms with Crippen molar-refractivity contribution < 1.29 is 0 Å². The van der Waals surface area contributed by atoms with Crippen molar-refractivity contribution in [3.63, 3.8) is 0 Å². The molecule has 0 radical (unpaired) electrons. The van der Waals surface area contributed by atoms with Crippen molar-refractivity contribution in [2.75, 3.05) is 5.32 Å². The van der Waals surface area contributed by atoms with Gasteiger partial charge in [-0.3, -0.25) is 0 Å². The lowest BCUT2D eigenvalue weighted by molar-refractivity contribution is 1.11. The predicted molar refractivity (Wildman–Crippen MR) is 77.4 cm³/mol. The highest BCUT2D eigenvalue weighted by Crippen LogP contribution is 2.21. The minimum Gasteiger partial charge on any atom is -0.381 e. The second-order valence-corrected chi connectivity index (χ2v) is 5.15. The van der Waals surface area contributed by atoms with Crippen LogP contribution in [-0.2, 0) is 6.54 Å². The molecule has 2 rings (SSSR count). The highest BCUT2D eigenvalue weighted by atomic mass is 79.9. The minimum atomic E-state index is 0.870. The molecule has 0 unspecified atom stereocenters. The molecule has 0 heterocycles. The first-order valence-electron chi connectivity index (χ1n) is 5.71. The van der Waals surface area contributed by atoms with Crippen LogP contribution in [0.4, 0.5) is 5.69 Å². The van der Waals surface area contributed by atoms with Crippen molar-refractivity contribution in [1.29, 1.82) is 0 Å². The van der Waals surface area contributed by atoms with Crippen LogP contribution in [0, 0.1) is 13.8 Å². The molecule has 0 saturated heterocycles. The van der Waals surface area contributed by atoms with E-state index in [1.807, 2.05) is 0 Å². The molecule has 0 amide bonds. The van der Waals surface area contributed by atoms with Gasteiger partial charge in [0.25, 0.3) is 0 Å². The van der Waals surface area contributed by atoms with Gasteiger partial charge in [0, 0.05) is 16.7 Å². The Bertz CT molecular complexity index is 520. The SMILES string of the molecule is Cc1ccccc1CNc1ccc(Br)cc1C. The summed E-state index contributed by atoms with van der Waals surface area (Å²) < 4.78 is 1.12. The lowest BCUT2D eigenvalue weighted by Crippen LogP contribution is -2.02. The van der Waals surface area contributed by atoms with E-state index in [9.17, 15) is 0 Å². The molecule has 0 atom stereocenters. The summed E-state index contributed by atoms with van der Waals surface area (Å²) in [6.45, 7) is 5.13. The van der Waals surface area contributed by atoms with Crippen molar-refractivity contribution >= 4 is 21.6 Å². The summed E-state index contributed by atoms with van der Waals surface area (Å²) in [4.78, 5) is 0. The molecule has 88 valence electrons. The molecule has 0 bridgehead atoms. The number of rotatable bonds is 3. The zero-order chi connectivity index (χ0) is 12.3. The van der Waals surface area contributed by atoms with Crippen molar-refractivity contribution in [1.82, 2.24) is 0 Å². The molecule has 0 spiro atoms. The Balaban J connectivity index is 2.10. The number of aryl methyl sites for hydroxylation is 2. The minimum absolute atomic E-state index is 0.870. The summed E-state index contributed by atoms with van der Waals surface area (Å²) in [6, 6.07) is 14.8. The third kappa shape index (κ3) is 3.10. The summed E-state index contributed by atoms with van der Waals surface area (Å²) in [7, 11) is 0. The van der Waals surface area contributed by atoms with Crippen LogP contribution in [0.5, 0.6) is 0 Å². The van der Waals surface area contributed by atoms with E-state index in [0.717, 1.165) is 11.0 Å². The fraction of sp³-hybridized carbons (Fsp3) is 0.200. The number of anilines is 1. The molecule has 0 fully saturated rings. The van der Waals surface area contributed by atoms with Crippen LogP contribution < -0.4 is 5.32 Å². The monoisotopic (exact) mass is 289 g/mol. The molecule has 2 aromatic carbocycles. The highest BCUT2D eigenvalue weighted by molar-refractivity contribution is 9.10. The predicted octanol–water partition coefficient (Wildman–Crippen LogP) is 4.68. The molecule has 0 aliphatic carbocycles. The van der Waals surface area contributed by atoms with E-state index in [-0.39, 0.29) is 0 Å². The van der Waals surface area contributed by atoms with Crippen molar-refractivity contribution in [2.24, 2.45) is 0 Å². The number of halogens is 1. The summed E-state index contributed by atoms with van der Waals surface area (Å²) in [5.41, 5.74) is 5.12. The molecule has 0 aliphatic heterocycles. The summed E-state index contributed by atoms with van der Waals surface area (Å²) in [5, 5.41) is 3.48. The first-order valence-corrected chi connectivity index (χ1v) is 6.50. The van der Waals surface area contributed by atoms with E-state index in [2.05, 4.69) is 77.6 Å². The van der Waals surface area contributed by atoms with Gasteiger partial charge in [-0.2, -0.15) is 0 Å². The molecular weight excluding hydrogens is 274 g/mol. The molecule has 1 N–H and O–H groups in total. The van der Waals surface area contributed by atoms with Gasteiger partial charge in [-0.15, -0.1) is 0 Å². The quantitative estimate of drug-likeness (QED) is 0.865. The van der Waals surface area contributed by atoms with Gasteiger partial charge < -0.3 is 5.32 Å². The maximum atomic E-state index is 3.48. The van der Waals surface area contributed by atoms with Crippen LogP contribution >= 0.6 is 15.9 Å². The van der Waals surface area contributed by atoms with Gasteiger partial charge in [-0.05, 0) is 48.7 Å². The zero-order valence-electron chi connectivity index (χ0n) is 10.1. The third-order valence-electron chi connectivity index (χ3n) is 2.92. The average molecular weight is 290 g/mol. The van der Waals surface area contributed by atoms with Gasteiger partial charge in [-0.1, -0.05) is 40.2 Å². The molecule has 0 saturated carbocycles. The second kappa shape index (κ2) is 5.37. The van der Waals surface area contributed by atoms with E-state index in [1.54, 1.807) is 0 Å². The fourth-order valence-electron chi connectivity index (χ4n) is 1.82. The van der Waals surface area contributed by atoms with Crippen LogP contribution in [0.1, 0.15) is 16.7 Å². The molecular formula is C15H16BrN. The molecule has 2 aromatic rings. The summed E-state index contributed by atoms with van der Waals surface area (Å²) in [6.07, 6.45) is 0. The Morgan fingerprint density at radius 2 is 1.76 bits per heavy atom. The number of nitrogens with one attached hydrogen (secondary N) is 1. The number of hydrogen-bond acceptors (Lipinski definition) is 1. The van der Waals surface area contributed by atoms with Crippen molar-refractivity contribution in [3.05, 3.63) is 63.6 Å². The van der Waals surface area contributed by atoms with Gasteiger partial charge >= 0.3 is 0 Å². The van der Waals surface area contributed by atoms with Crippen LogP contribution in [0.3, 0.4) is 0 Å². The topological polar surface area (TPSA) is 12.0 Å². The maximum absolute atomic E-state index is 3.48. The normalized spacial score (nSPS) is 10.3. The fourth-order valence-corrected chi connectivity index (χ4v) is 2.30. The van der Waals surface area contributed by atoms with E-state index in [4.69, 9.17) is 0 Å². The van der Waals surface area contributed by atoms with Gasteiger partial charge in [0.1, 0.15) is 0 Å². The molecule has 0 aromatic heterocycles. The van der Waals surface area contributed by atoms with E-state index in [1.165, 1.54) is 22.4 Å². The molecule has 0 aliphatic rings. The summed E-state index contributed by atoms with van der Waals surface area (Å²) >= 11 is 3.48. The van der Waals surface area contributed by atoms with E-state index < -0.39 is 0 Å². The smallest absolute Gasteiger partial charge is 0.0403 e. The van der Waals surface area contributed by atoms with Crippen LogP contribution in [-0.4, -0.2) is 0 Å². The Labute approximate surface area is 111 Å². The van der Waals surface area contributed by atoms with Gasteiger partial charge in [0.2, 0.25) is 0 Å². The highest BCUT2D eigenvalue weighted by Gasteiger charge is 2.00. The number of hydrogen-bond donors (Lipinski definition) is 1. The third-order valence-corrected chi connectivity index (χ3v) is 3.41. The molecule has 17 heavy (non-hydrogen) atoms. The zero-order valence-corrected chi connectivity index (χ0v) is 11.7. The average Bonchev–Trinajstić information content (AvgIpc) is 2.30. The maximum Gasteiger partial charge on any atom is 0.0403 e. The molecule has 1 nitrogen and oxygen atoms in total. The van der Waals surface area contributed by atoms with E-state index in [0.29, 0.717) is 0 Å². The Hall–Kier alpha value is -1.28. The Morgan fingerprint density at radius 3 is 2.47 bits per heavy atom. The van der Waals surface area contributed by atoms with Crippen LogP contribution in [0.2, 0.25) is 0 Å². The van der Waals surface area contributed by atoms with Crippen molar-refractivity contribution in [2.45, 2.75) is 20.4 Å². The van der Waals surface area contributed by atoms with Crippen molar-refractivity contribution in [3.8, 4) is 0 Å². The standard InChI is InChI=1S/C15H16BrN/c1-11-5-3-4-6-13(11)10-17-15-8-7-14(16)9-12(15)2/h3-9,17H,10H2,1-2H3. The summed E-state index contributed by atoms with van der Waals surface area (Å²) in [5.74, 6) is 0. The number of benzene rings is 2. The molecule has 2 heteroatoms. The van der Waals surface area contributed by atoms with Crippen LogP contribution in [0.25, 0.3) is 0 Å². The first-order chi connectivity index (χ1) is 8.16. The Morgan fingerprint density at radius 1 is 1.00 bits per heavy atom. The first kappa shape index (κ1) is 12.2. The van der Waals surface area contributed by atoms with Crippen LogP contribution in [0.15, 0.2) is 46.9 Å². The van der Waals surface area contributed by atoms with Gasteiger partial charge in [0.05, 0.1) is 0 Å².